The van der Waals surface area contributed by atoms with E-state index in [9.17, 15) is 0 Å². The van der Waals surface area contributed by atoms with Gasteiger partial charge in [0, 0.05) is 6.54 Å². The first kappa shape index (κ1) is 15.2. The Hall–Kier alpha value is -1.22. The zero-order valence-electron chi connectivity index (χ0n) is 11.5. The first-order chi connectivity index (χ1) is 9.60. The van der Waals surface area contributed by atoms with Crippen LogP contribution in [0.5, 0.6) is 11.5 Å². The van der Waals surface area contributed by atoms with Gasteiger partial charge in [-0.05, 0) is 48.9 Å². The van der Waals surface area contributed by atoms with E-state index in [1.807, 2.05) is 43.3 Å². The number of halogens is 2. The third-order valence-corrected chi connectivity index (χ3v) is 3.47. The van der Waals surface area contributed by atoms with E-state index in [0.717, 1.165) is 24.2 Å². The van der Waals surface area contributed by atoms with Gasteiger partial charge >= 0.3 is 0 Å². The Labute approximate surface area is 129 Å². The summed E-state index contributed by atoms with van der Waals surface area (Å²) in [5, 5.41) is 4.42. The van der Waals surface area contributed by atoms with Crippen molar-refractivity contribution in [2.45, 2.75) is 20.4 Å². The molecule has 2 rings (SSSR count). The Morgan fingerprint density at radius 3 is 2.25 bits per heavy atom. The first-order valence-corrected chi connectivity index (χ1v) is 7.29. The van der Waals surface area contributed by atoms with E-state index in [1.54, 1.807) is 0 Å². The molecule has 1 N–H and O–H groups in total. The van der Waals surface area contributed by atoms with Crippen LogP contribution in [0.3, 0.4) is 0 Å². The van der Waals surface area contributed by atoms with E-state index in [1.165, 1.54) is 0 Å². The molecule has 20 heavy (non-hydrogen) atoms. The van der Waals surface area contributed by atoms with Crippen molar-refractivity contribution in [3.63, 3.8) is 0 Å². The zero-order chi connectivity index (χ0) is 14.5. The minimum atomic E-state index is 0.581. The molecule has 0 aliphatic heterocycles. The molecule has 4 heteroatoms. The molecule has 0 bridgehead atoms. The third-order valence-electron chi connectivity index (χ3n) is 2.88. The molecule has 106 valence electrons. The molecule has 2 aromatic carbocycles. The molecule has 0 atom stereocenters. The predicted octanol–water partition coefficient (Wildman–Crippen LogP) is 5.20. The molecule has 0 unspecified atom stereocenters. The summed E-state index contributed by atoms with van der Waals surface area (Å²) in [5.41, 5.74) is 2.22. The van der Waals surface area contributed by atoms with E-state index < -0.39 is 0 Å². The van der Waals surface area contributed by atoms with Gasteiger partial charge in [-0.15, -0.1) is 0 Å². The van der Waals surface area contributed by atoms with Crippen LogP contribution in [0.4, 0.5) is 0 Å². The second-order valence-electron chi connectivity index (χ2n) is 4.58. The fraction of sp³-hybridized carbons (Fsp3) is 0.250. The summed E-state index contributed by atoms with van der Waals surface area (Å²) < 4.78 is 5.77. The number of hydrogen-bond acceptors (Lipinski definition) is 2. The Balaban J connectivity index is 2.17. The summed E-state index contributed by atoms with van der Waals surface area (Å²) in [4.78, 5) is 0. The molecule has 0 aromatic heterocycles. The van der Waals surface area contributed by atoms with E-state index in [0.29, 0.717) is 21.5 Å². The largest absolute Gasteiger partial charge is 0.454 e. The number of nitrogens with one attached hydrogen (secondary N) is 1. The summed E-state index contributed by atoms with van der Waals surface area (Å²) >= 11 is 12.4. The highest BCUT2D eigenvalue weighted by Gasteiger charge is 2.07. The lowest BCUT2D eigenvalue weighted by Crippen LogP contribution is -2.11. The minimum absolute atomic E-state index is 0.581. The molecule has 0 aliphatic carbocycles. The molecule has 2 nitrogen and oxygen atoms in total. The maximum Gasteiger partial charge on any atom is 0.146 e. The molecule has 2 aromatic rings. The predicted molar refractivity (Wildman–Crippen MR) is 85.1 cm³/mol. The summed E-state index contributed by atoms with van der Waals surface area (Å²) in [7, 11) is 0. The Bertz CT molecular complexity index is 599. The fourth-order valence-electron chi connectivity index (χ4n) is 1.81. The standard InChI is InChI=1S/C16H17Cl2NO/c1-3-19-10-12-5-7-16(14(18)9-12)20-15-6-4-11(2)8-13(15)17/h4-9,19H,3,10H2,1-2H3. The highest BCUT2D eigenvalue weighted by Crippen LogP contribution is 2.34. The van der Waals surface area contributed by atoms with Crippen molar-refractivity contribution in [2.24, 2.45) is 0 Å². The average molecular weight is 310 g/mol. The Morgan fingerprint density at radius 2 is 1.65 bits per heavy atom. The topological polar surface area (TPSA) is 21.3 Å². The van der Waals surface area contributed by atoms with Gasteiger partial charge in [0.1, 0.15) is 11.5 Å². The van der Waals surface area contributed by atoms with Gasteiger partial charge in [-0.2, -0.15) is 0 Å². The molecular weight excluding hydrogens is 293 g/mol. The third kappa shape index (κ3) is 3.89. The molecule has 0 aliphatic rings. The van der Waals surface area contributed by atoms with Crippen LogP contribution in [0.1, 0.15) is 18.1 Å². The molecule has 0 fully saturated rings. The van der Waals surface area contributed by atoms with Crippen molar-refractivity contribution >= 4 is 23.2 Å². The number of ether oxygens (including phenoxy) is 1. The first-order valence-electron chi connectivity index (χ1n) is 6.53. The van der Waals surface area contributed by atoms with Gasteiger partial charge in [0.25, 0.3) is 0 Å². The van der Waals surface area contributed by atoms with Crippen LogP contribution in [0.25, 0.3) is 0 Å². The van der Waals surface area contributed by atoms with Crippen LogP contribution >= 0.6 is 23.2 Å². The SMILES string of the molecule is CCNCc1ccc(Oc2ccc(C)cc2Cl)c(Cl)c1. The number of benzene rings is 2. The zero-order valence-corrected chi connectivity index (χ0v) is 13.1. The van der Waals surface area contributed by atoms with E-state index in [-0.39, 0.29) is 0 Å². The summed E-state index contributed by atoms with van der Waals surface area (Å²) in [6.07, 6.45) is 0. The van der Waals surface area contributed by atoms with Crippen molar-refractivity contribution in [3.05, 3.63) is 57.6 Å². The lowest BCUT2D eigenvalue weighted by atomic mass is 10.2. The smallest absolute Gasteiger partial charge is 0.146 e. The second kappa shape index (κ2) is 6.98. The van der Waals surface area contributed by atoms with Crippen molar-refractivity contribution < 1.29 is 4.74 Å². The number of aryl methyl sites for hydroxylation is 1. The molecule has 0 amide bonds. The summed E-state index contributed by atoms with van der Waals surface area (Å²) in [5.74, 6) is 1.22. The van der Waals surface area contributed by atoms with Crippen LogP contribution in [0, 0.1) is 6.92 Å². The van der Waals surface area contributed by atoms with Crippen LogP contribution in [-0.2, 0) is 6.54 Å². The highest BCUT2D eigenvalue weighted by atomic mass is 35.5. The molecule has 0 saturated carbocycles. The van der Waals surface area contributed by atoms with Crippen LogP contribution in [-0.4, -0.2) is 6.54 Å². The van der Waals surface area contributed by atoms with Gasteiger partial charge in [0.2, 0.25) is 0 Å². The summed E-state index contributed by atoms with van der Waals surface area (Å²) in [6, 6.07) is 11.4. The van der Waals surface area contributed by atoms with E-state index in [4.69, 9.17) is 27.9 Å². The average Bonchev–Trinajstić information content (AvgIpc) is 2.42. The molecule has 0 saturated heterocycles. The maximum atomic E-state index is 6.25. The van der Waals surface area contributed by atoms with E-state index >= 15 is 0 Å². The van der Waals surface area contributed by atoms with Crippen LogP contribution in [0.2, 0.25) is 10.0 Å². The van der Waals surface area contributed by atoms with Crippen molar-refractivity contribution in [1.82, 2.24) is 5.32 Å². The fourth-order valence-corrected chi connectivity index (χ4v) is 2.33. The van der Waals surface area contributed by atoms with Gasteiger partial charge in [0.05, 0.1) is 10.0 Å². The van der Waals surface area contributed by atoms with Gasteiger partial charge in [-0.3, -0.25) is 0 Å². The monoisotopic (exact) mass is 309 g/mol. The number of rotatable bonds is 5. The Morgan fingerprint density at radius 1 is 1.00 bits per heavy atom. The van der Waals surface area contributed by atoms with Gasteiger partial charge < -0.3 is 10.1 Å². The Kier molecular flexibility index (Phi) is 5.30. The minimum Gasteiger partial charge on any atom is -0.454 e. The van der Waals surface area contributed by atoms with Crippen molar-refractivity contribution in [2.75, 3.05) is 6.54 Å². The number of hydrogen-bond donors (Lipinski definition) is 1. The molecule has 0 heterocycles. The van der Waals surface area contributed by atoms with Gasteiger partial charge in [-0.25, -0.2) is 0 Å². The summed E-state index contributed by atoms with van der Waals surface area (Å²) in [6.45, 7) is 5.77. The van der Waals surface area contributed by atoms with Crippen molar-refractivity contribution in [1.29, 1.82) is 0 Å². The molecule has 0 radical (unpaired) electrons. The molecular formula is C16H17Cl2NO. The normalized spacial score (nSPS) is 10.6. The van der Waals surface area contributed by atoms with E-state index in [2.05, 4.69) is 12.2 Å². The quantitative estimate of drug-likeness (QED) is 0.819. The lowest BCUT2D eigenvalue weighted by molar-refractivity contribution is 0.482. The lowest BCUT2D eigenvalue weighted by Gasteiger charge is -2.11. The molecule has 0 spiro atoms. The highest BCUT2D eigenvalue weighted by molar-refractivity contribution is 6.33. The maximum absolute atomic E-state index is 6.25. The van der Waals surface area contributed by atoms with Gasteiger partial charge in [-0.1, -0.05) is 42.3 Å². The van der Waals surface area contributed by atoms with Crippen LogP contribution in [0.15, 0.2) is 36.4 Å². The van der Waals surface area contributed by atoms with Crippen molar-refractivity contribution in [3.8, 4) is 11.5 Å². The van der Waals surface area contributed by atoms with Crippen LogP contribution < -0.4 is 10.1 Å². The second-order valence-corrected chi connectivity index (χ2v) is 5.40. The van der Waals surface area contributed by atoms with Gasteiger partial charge in [0.15, 0.2) is 0 Å².